The zero-order valence-electron chi connectivity index (χ0n) is 16.3. The van der Waals surface area contributed by atoms with Crippen LogP contribution in [0.3, 0.4) is 0 Å². The van der Waals surface area contributed by atoms with Gasteiger partial charge in [0.2, 0.25) is 5.88 Å². The van der Waals surface area contributed by atoms with Gasteiger partial charge in [0.25, 0.3) is 0 Å². The number of fused-ring (bicyclic) bond motifs is 1. The van der Waals surface area contributed by atoms with E-state index < -0.39 is 6.61 Å². The van der Waals surface area contributed by atoms with Crippen LogP contribution in [0.4, 0.5) is 8.78 Å². The van der Waals surface area contributed by atoms with Crippen LogP contribution in [-0.2, 0) is 6.54 Å². The minimum atomic E-state index is -3.04. The number of aromatic nitrogens is 8. The van der Waals surface area contributed by atoms with E-state index in [4.69, 9.17) is 0 Å². The molecule has 0 bridgehead atoms. The first kappa shape index (κ1) is 19.5. The third-order valence-corrected chi connectivity index (χ3v) is 4.65. The molecule has 1 N–H and O–H groups in total. The monoisotopic (exact) mass is 436 g/mol. The van der Waals surface area contributed by atoms with E-state index in [-0.39, 0.29) is 29.5 Å². The molecule has 0 atom stereocenters. The molecule has 32 heavy (non-hydrogen) atoms. The molecule has 5 aromatic rings. The van der Waals surface area contributed by atoms with E-state index in [0.29, 0.717) is 11.2 Å². The van der Waals surface area contributed by atoms with Gasteiger partial charge < -0.3 is 9.72 Å². The Hall–Kier alpha value is -4.48. The number of benzene rings is 1. The first-order valence-corrected chi connectivity index (χ1v) is 9.40. The van der Waals surface area contributed by atoms with Crippen LogP contribution >= 0.6 is 0 Å². The van der Waals surface area contributed by atoms with Crippen molar-refractivity contribution in [2.24, 2.45) is 0 Å². The van der Waals surface area contributed by atoms with Crippen LogP contribution in [0.2, 0.25) is 0 Å². The van der Waals surface area contributed by atoms with Gasteiger partial charge in [0.05, 0.1) is 36.4 Å². The van der Waals surface area contributed by atoms with Crippen LogP contribution in [0.25, 0.3) is 28.2 Å². The van der Waals surface area contributed by atoms with Crippen molar-refractivity contribution < 1.29 is 13.5 Å². The molecule has 0 amide bonds. The summed E-state index contributed by atoms with van der Waals surface area (Å²) in [5.74, 6) is -0.191. The molecule has 0 aliphatic rings. The number of rotatable bonds is 6. The van der Waals surface area contributed by atoms with E-state index in [1.165, 1.54) is 27.8 Å². The lowest BCUT2D eigenvalue weighted by Crippen LogP contribution is -2.18. The third kappa shape index (κ3) is 3.69. The highest BCUT2D eigenvalue weighted by Crippen LogP contribution is 2.27. The highest BCUT2D eigenvalue weighted by atomic mass is 19.3. The van der Waals surface area contributed by atoms with Crippen LogP contribution in [0, 0.1) is 0 Å². The van der Waals surface area contributed by atoms with Gasteiger partial charge in [-0.1, -0.05) is 12.1 Å². The lowest BCUT2D eigenvalue weighted by atomic mass is 10.2. The van der Waals surface area contributed by atoms with Gasteiger partial charge in [0.15, 0.2) is 11.5 Å². The maximum absolute atomic E-state index is 12.7. The number of nitrogens with zero attached hydrogens (tertiary/aromatic N) is 7. The summed E-state index contributed by atoms with van der Waals surface area (Å²) >= 11 is 0. The van der Waals surface area contributed by atoms with Crippen molar-refractivity contribution in [1.82, 2.24) is 39.5 Å². The fraction of sp³-hybridized carbons (Fsp3) is 0.100. The smallest absolute Gasteiger partial charge is 0.388 e. The Morgan fingerprint density at radius 3 is 2.56 bits per heavy atom. The number of imidazole rings is 1. The van der Waals surface area contributed by atoms with Crippen LogP contribution < -0.4 is 10.4 Å². The van der Waals surface area contributed by atoms with Crippen LogP contribution in [0.5, 0.6) is 5.88 Å². The van der Waals surface area contributed by atoms with Crippen LogP contribution in [-0.4, -0.2) is 46.1 Å². The molecule has 0 fully saturated rings. The van der Waals surface area contributed by atoms with Gasteiger partial charge in [0, 0.05) is 6.20 Å². The molecular weight excluding hydrogens is 422 g/mol. The van der Waals surface area contributed by atoms with E-state index in [1.54, 1.807) is 18.5 Å². The number of nitrogens with one attached hydrogen (secondary N) is 1. The normalized spacial score (nSPS) is 11.3. The van der Waals surface area contributed by atoms with Gasteiger partial charge in [-0.05, 0) is 29.8 Å². The Bertz CT molecular complexity index is 1430. The third-order valence-electron chi connectivity index (χ3n) is 4.65. The first-order chi connectivity index (χ1) is 15.6. The van der Waals surface area contributed by atoms with E-state index in [1.807, 2.05) is 24.3 Å². The minimum Gasteiger partial charge on any atom is -0.416 e. The van der Waals surface area contributed by atoms with Gasteiger partial charge in [-0.15, -0.1) is 0 Å². The molecule has 0 saturated heterocycles. The van der Waals surface area contributed by atoms with Gasteiger partial charge in [-0.3, -0.25) is 4.57 Å². The molecule has 160 valence electrons. The second-order valence-electron chi connectivity index (χ2n) is 6.67. The summed E-state index contributed by atoms with van der Waals surface area (Å²) in [7, 11) is 0. The molecule has 4 aromatic heterocycles. The molecule has 12 heteroatoms. The Labute approximate surface area is 178 Å². The van der Waals surface area contributed by atoms with Gasteiger partial charge >= 0.3 is 12.3 Å². The Kier molecular flexibility index (Phi) is 4.86. The Morgan fingerprint density at radius 1 is 1.03 bits per heavy atom. The SMILES string of the molecule is O=c1[nH]c2cnc(-c3cccnc3OC(F)F)nc2n1Cc1ccc(-n2nccn2)cc1. The van der Waals surface area contributed by atoms with Crippen LogP contribution in [0.15, 0.2) is 66.0 Å². The van der Waals surface area contributed by atoms with Crippen molar-refractivity contribution in [3.05, 3.63) is 77.2 Å². The van der Waals surface area contributed by atoms with Crippen molar-refractivity contribution >= 4 is 11.2 Å². The van der Waals surface area contributed by atoms with E-state index in [9.17, 15) is 13.6 Å². The molecule has 5 rings (SSSR count). The lowest BCUT2D eigenvalue weighted by molar-refractivity contribution is -0.0524. The van der Waals surface area contributed by atoms with Crippen molar-refractivity contribution in [1.29, 1.82) is 0 Å². The highest BCUT2D eigenvalue weighted by molar-refractivity contribution is 5.74. The molecule has 10 nitrogen and oxygen atoms in total. The predicted octanol–water partition coefficient (Wildman–Crippen LogP) is 2.41. The Balaban J connectivity index is 1.51. The first-order valence-electron chi connectivity index (χ1n) is 9.40. The second-order valence-corrected chi connectivity index (χ2v) is 6.67. The molecule has 0 aliphatic heterocycles. The zero-order valence-corrected chi connectivity index (χ0v) is 16.3. The summed E-state index contributed by atoms with van der Waals surface area (Å²) < 4.78 is 31.4. The average Bonchev–Trinajstić information content (AvgIpc) is 3.43. The molecule has 0 spiro atoms. The summed E-state index contributed by atoms with van der Waals surface area (Å²) in [5.41, 5.74) is 2.16. The summed E-state index contributed by atoms with van der Waals surface area (Å²) in [6, 6.07) is 10.4. The number of hydrogen-bond acceptors (Lipinski definition) is 7. The van der Waals surface area contributed by atoms with Crippen molar-refractivity contribution in [2.75, 3.05) is 0 Å². The van der Waals surface area contributed by atoms with Gasteiger partial charge in [-0.25, -0.2) is 19.7 Å². The summed E-state index contributed by atoms with van der Waals surface area (Å²) in [5, 5.41) is 8.15. The standard InChI is InChI=1S/C20H14F2N8O2/c21-19(22)32-18-14(2-1-7-23-18)16-24-10-15-17(28-16)29(20(31)27-15)11-12-3-5-13(6-4-12)30-25-8-9-26-30/h1-10,19H,11H2,(H,27,31). The summed E-state index contributed by atoms with van der Waals surface area (Å²) in [6.45, 7) is -2.81. The average molecular weight is 436 g/mol. The number of ether oxygens (including phenoxy) is 1. The topological polar surface area (TPSA) is 116 Å². The largest absolute Gasteiger partial charge is 0.416 e. The van der Waals surface area contributed by atoms with Crippen molar-refractivity contribution in [3.63, 3.8) is 0 Å². The Morgan fingerprint density at radius 2 is 1.81 bits per heavy atom. The van der Waals surface area contributed by atoms with Crippen LogP contribution in [0.1, 0.15) is 5.56 Å². The fourth-order valence-electron chi connectivity index (χ4n) is 3.23. The van der Waals surface area contributed by atoms with E-state index >= 15 is 0 Å². The molecule has 0 saturated carbocycles. The number of hydrogen-bond donors (Lipinski definition) is 1. The van der Waals surface area contributed by atoms with E-state index in [0.717, 1.165) is 11.3 Å². The lowest BCUT2D eigenvalue weighted by Gasteiger charge is -2.09. The fourth-order valence-corrected chi connectivity index (χ4v) is 3.23. The van der Waals surface area contributed by atoms with Gasteiger partial charge in [-0.2, -0.15) is 23.8 Å². The second kappa shape index (κ2) is 7.98. The molecule has 0 radical (unpaired) electrons. The number of aromatic amines is 1. The maximum Gasteiger partial charge on any atom is 0.388 e. The van der Waals surface area contributed by atoms with Gasteiger partial charge in [0.1, 0.15) is 5.52 Å². The van der Waals surface area contributed by atoms with E-state index in [2.05, 4.69) is 34.9 Å². The molecule has 1 aromatic carbocycles. The number of alkyl halides is 2. The molecular formula is C20H14F2N8O2. The number of pyridine rings is 1. The summed E-state index contributed by atoms with van der Waals surface area (Å²) in [6.07, 6.45) is 5.91. The molecule has 4 heterocycles. The molecule has 0 aliphatic carbocycles. The predicted molar refractivity (Wildman–Crippen MR) is 108 cm³/mol. The highest BCUT2D eigenvalue weighted by Gasteiger charge is 2.17. The minimum absolute atomic E-state index is 0.106. The summed E-state index contributed by atoms with van der Waals surface area (Å²) in [4.78, 5) is 29.1. The molecule has 0 unspecified atom stereocenters. The zero-order chi connectivity index (χ0) is 22.1. The number of halogens is 2. The van der Waals surface area contributed by atoms with Crippen molar-refractivity contribution in [3.8, 4) is 23.0 Å². The quantitative estimate of drug-likeness (QED) is 0.434. The van der Waals surface area contributed by atoms with Crippen molar-refractivity contribution in [2.45, 2.75) is 13.2 Å². The number of H-pyrrole nitrogens is 1. The maximum atomic E-state index is 12.7.